The summed E-state index contributed by atoms with van der Waals surface area (Å²) < 4.78 is 15.8. The van der Waals surface area contributed by atoms with Gasteiger partial charge in [-0.05, 0) is 26.8 Å². The number of hydrogen-bond acceptors (Lipinski definition) is 6. The molecule has 9 heteroatoms. The molecule has 0 bridgehead atoms. The third-order valence-electron chi connectivity index (χ3n) is 4.14. The molecule has 0 saturated carbocycles. The van der Waals surface area contributed by atoms with Gasteiger partial charge in [-0.2, -0.15) is 0 Å². The molecule has 1 heterocycles. The predicted molar refractivity (Wildman–Crippen MR) is 107 cm³/mol. The summed E-state index contributed by atoms with van der Waals surface area (Å²) >= 11 is 6.13. The Morgan fingerprint density at radius 2 is 1.68 bits per heavy atom. The van der Waals surface area contributed by atoms with Gasteiger partial charge in [0.15, 0.2) is 0 Å². The molecule has 2 rings (SSSR count). The van der Waals surface area contributed by atoms with Crippen molar-refractivity contribution in [3.05, 3.63) is 17.2 Å². The number of rotatable bonds is 5. The lowest BCUT2D eigenvalue weighted by Gasteiger charge is -2.35. The Balaban J connectivity index is 1.88. The zero-order chi connectivity index (χ0) is 20.9. The SMILES string of the molecule is COc1cc(OC)c(NC(=O)CN2CCN(C(=O)OC(C)(C)C)CC2)cc1Cl. The molecule has 0 radical (unpaired) electrons. The summed E-state index contributed by atoms with van der Waals surface area (Å²) in [5.41, 5.74) is -0.0435. The van der Waals surface area contributed by atoms with Crippen molar-refractivity contribution in [2.24, 2.45) is 0 Å². The minimum absolute atomic E-state index is 0.190. The van der Waals surface area contributed by atoms with E-state index >= 15 is 0 Å². The van der Waals surface area contributed by atoms with Gasteiger partial charge in [0.25, 0.3) is 0 Å². The van der Waals surface area contributed by atoms with E-state index < -0.39 is 5.60 Å². The molecule has 1 aromatic rings. The summed E-state index contributed by atoms with van der Waals surface area (Å²) in [7, 11) is 3.02. The molecule has 0 atom stereocenters. The van der Waals surface area contributed by atoms with Crippen LogP contribution in [0.25, 0.3) is 0 Å². The van der Waals surface area contributed by atoms with Crippen molar-refractivity contribution in [2.45, 2.75) is 26.4 Å². The van der Waals surface area contributed by atoms with Crippen LogP contribution in [0, 0.1) is 0 Å². The lowest BCUT2D eigenvalue weighted by atomic mass is 10.2. The number of halogens is 1. The molecule has 1 aromatic carbocycles. The first kappa shape index (κ1) is 22.1. The van der Waals surface area contributed by atoms with Gasteiger partial charge in [0, 0.05) is 32.2 Å². The maximum Gasteiger partial charge on any atom is 0.410 e. The molecule has 28 heavy (non-hydrogen) atoms. The van der Waals surface area contributed by atoms with Crippen LogP contribution in [0.2, 0.25) is 5.02 Å². The van der Waals surface area contributed by atoms with Crippen LogP contribution in [0.3, 0.4) is 0 Å². The maximum absolute atomic E-state index is 12.4. The average Bonchev–Trinajstić information content (AvgIpc) is 2.61. The standard InChI is InChI=1S/C19H28ClN3O5/c1-19(2,3)28-18(25)23-8-6-22(7-9-23)12-17(24)21-14-10-13(20)15(26-4)11-16(14)27-5/h10-11H,6-9,12H2,1-5H3,(H,21,24). The van der Waals surface area contributed by atoms with Crippen LogP contribution in [0.15, 0.2) is 12.1 Å². The predicted octanol–water partition coefficient (Wildman–Crippen LogP) is 2.85. The molecule has 156 valence electrons. The monoisotopic (exact) mass is 413 g/mol. The minimum atomic E-state index is -0.521. The first-order valence-corrected chi connectivity index (χ1v) is 9.42. The molecule has 2 amide bonds. The van der Waals surface area contributed by atoms with Gasteiger partial charge in [0.1, 0.15) is 17.1 Å². The van der Waals surface area contributed by atoms with E-state index in [2.05, 4.69) is 5.32 Å². The first-order chi connectivity index (χ1) is 13.1. The number of nitrogens with one attached hydrogen (secondary N) is 1. The van der Waals surface area contributed by atoms with E-state index in [1.54, 1.807) is 17.0 Å². The van der Waals surface area contributed by atoms with Gasteiger partial charge in [-0.1, -0.05) is 11.6 Å². The van der Waals surface area contributed by atoms with Crippen molar-refractivity contribution >= 4 is 29.3 Å². The number of amides is 2. The summed E-state index contributed by atoms with van der Waals surface area (Å²) in [5, 5.41) is 3.19. The molecule has 0 unspecified atom stereocenters. The molecular weight excluding hydrogens is 386 g/mol. The zero-order valence-electron chi connectivity index (χ0n) is 17.0. The van der Waals surface area contributed by atoms with Crippen molar-refractivity contribution in [3.63, 3.8) is 0 Å². The molecule has 0 aliphatic carbocycles. The molecule has 1 N–H and O–H groups in total. The van der Waals surface area contributed by atoms with Crippen LogP contribution in [-0.2, 0) is 9.53 Å². The second-order valence-electron chi connectivity index (χ2n) is 7.48. The minimum Gasteiger partial charge on any atom is -0.495 e. The smallest absolute Gasteiger partial charge is 0.410 e. The first-order valence-electron chi connectivity index (χ1n) is 9.04. The zero-order valence-corrected chi connectivity index (χ0v) is 17.8. The Morgan fingerprint density at radius 1 is 1.07 bits per heavy atom. The Kier molecular flexibility index (Phi) is 7.37. The average molecular weight is 414 g/mol. The maximum atomic E-state index is 12.4. The number of anilines is 1. The van der Waals surface area contributed by atoms with Gasteiger partial charge in [-0.15, -0.1) is 0 Å². The Bertz CT molecular complexity index is 712. The van der Waals surface area contributed by atoms with Crippen molar-refractivity contribution in [3.8, 4) is 11.5 Å². The van der Waals surface area contributed by atoms with Gasteiger partial charge >= 0.3 is 6.09 Å². The largest absolute Gasteiger partial charge is 0.495 e. The van der Waals surface area contributed by atoms with Crippen molar-refractivity contribution in [1.82, 2.24) is 9.80 Å². The van der Waals surface area contributed by atoms with Crippen molar-refractivity contribution in [1.29, 1.82) is 0 Å². The fourth-order valence-electron chi connectivity index (χ4n) is 2.77. The summed E-state index contributed by atoms with van der Waals surface area (Å²) in [6.45, 7) is 7.93. The highest BCUT2D eigenvalue weighted by Gasteiger charge is 2.26. The van der Waals surface area contributed by atoms with E-state index in [1.807, 2.05) is 25.7 Å². The van der Waals surface area contributed by atoms with E-state index in [9.17, 15) is 9.59 Å². The molecular formula is C19H28ClN3O5. The van der Waals surface area contributed by atoms with E-state index in [4.69, 9.17) is 25.8 Å². The quantitative estimate of drug-likeness (QED) is 0.799. The third kappa shape index (κ3) is 6.17. The summed E-state index contributed by atoms with van der Waals surface area (Å²) in [6.07, 6.45) is -0.325. The molecule has 1 aliphatic heterocycles. The molecule has 1 fully saturated rings. The number of methoxy groups -OCH3 is 2. The van der Waals surface area contributed by atoms with Crippen molar-refractivity contribution < 1.29 is 23.8 Å². The Labute approximate surface area is 170 Å². The summed E-state index contributed by atoms with van der Waals surface area (Å²) in [4.78, 5) is 28.2. The number of benzene rings is 1. The Morgan fingerprint density at radius 3 is 2.21 bits per heavy atom. The lowest BCUT2D eigenvalue weighted by molar-refractivity contribution is -0.117. The second-order valence-corrected chi connectivity index (χ2v) is 7.89. The molecule has 8 nitrogen and oxygen atoms in total. The number of carbonyl (C=O) groups is 2. The highest BCUT2D eigenvalue weighted by molar-refractivity contribution is 6.32. The van der Waals surface area contributed by atoms with Crippen molar-refractivity contribution in [2.75, 3.05) is 52.3 Å². The van der Waals surface area contributed by atoms with E-state index in [1.165, 1.54) is 14.2 Å². The van der Waals surface area contributed by atoms with Crippen LogP contribution in [0.4, 0.5) is 10.5 Å². The number of ether oxygens (including phenoxy) is 3. The summed E-state index contributed by atoms with van der Waals surface area (Å²) in [6, 6.07) is 3.22. The lowest BCUT2D eigenvalue weighted by Crippen LogP contribution is -2.51. The number of carbonyl (C=O) groups excluding carboxylic acids is 2. The fourth-order valence-corrected chi connectivity index (χ4v) is 3.01. The topological polar surface area (TPSA) is 80.3 Å². The van der Waals surface area contributed by atoms with Crippen LogP contribution in [0.1, 0.15) is 20.8 Å². The van der Waals surface area contributed by atoms with E-state index in [-0.39, 0.29) is 18.5 Å². The highest BCUT2D eigenvalue weighted by Crippen LogP contribution is 2.35. The van der Waals surface area contributed by atoms with Crippen LogP contribution < -0.4 is 14.8 Å². The van der Waals surface area contributed by atoms with Gasteiger partial charge < -0.3 is 24.4 Å². The highest BCUT2D eigenvalue weighted by atomic mass is 35.5. The number of hydrogen-bond donors (Lipinski definition) is 1. The molecule has 0 spiro atoms. The summed E-state index contributed by atoms with van der Waals surface area (Å²) in [5.74, 6) is 0.740. The van der Waals surface area contributed by atoms with Gasteiger partial charge in [0.2, 0.25) is 5.91 Å². The van der Waals surface area contributed by atoms with Crippen LogP contribution in [0.5, 0.6) is 11.5 Å². The van der Waals surface area contributed by atoms with E-state index in [0.717, 1.165) is 0 Å². The molecule has 1 saturated heterocycles. The molecule has 0 aromatic heterocycles. The van der Waals surface area contributed by atoms with Gasteiger partial charge in [0.05, 0.1) is 31.5 Å². The number of piperazine rings is 1. The van der Waals surface area contributed by atoms with Gasteiger partial charge in [-0.25, -0.2) is 4.79 Å². The normalized spacial score (nSPS) is 15.1. The van der Waals surface area contributed by atoms with Crippen LogP contribution >= 0.6 is 11.6 Å². The fraction of sp³-hybridized carbons (Fsp3) is 0.579. The second kappa shape index (κ2) is 9.34. The molecule has 1 aliphatic rings. The Hall–Kier alpha value is -2.19. The number of nitrogens with zero attached hydrogens (tertiary/aromatic N) is 2. The third-order valence-corrected chi connectivity index (χ3v) is 4.43. The van der Waals surface area contributed by atoms with Gasteiger partial charge in [-0.3, -0.25) is 9.69 Å². The van der Waals surface area contributed by atoms with Crippen LogP contribution in [-0.4, -0.2) is 74.3 Å². The van der Waals surface area contributed by atoms with E-state index in [0.29, 0.717) is 48.4 Å².